The molecule has 0 aliphatic heterocycles. The van der Waals surface area contributed by atoms with Crippen LogP contribution in [-0.2, 0) is 11.3 Å². The molecule has 0 fully saturated rings. The van der Waals surface area contributed by atoms with Crippen molar-refractivity contribution in [3.05, 3.63) is 66.4 Å². The highest BCUT2D eigenvalue weighted by Gasteiger charge is 2.06. The molecule has 0 radical (unpaired) electrons. The number of nitrogens with zero attached hydrogens (tertiary/aromatic N) is 2. The van der Waals surface area contributed by atoms with E-state index < -0.39 is 0 Å². The average Bonchev–Trinajstić information content (AvgIpc) is 3.09. The first-order chi connectivity index (χ1) is 11.7. The van der Waals surface area contributed by atoms with Crippen molar-refractivity contribution in [2.45, 2.75) is 13.5 Å². The van der Waals surface area contributed by atoms with E-state index >= 15 is 0 Å². The summed E-state index contributed by atoms with van der Waals surface area (Å²) in [5.74, 6) is 0.0740. The molecule has 0 atom stereocenters. The molecule has 24 heavy (non-hydrogen) atoms. The molecule has 0 saturated heterocycles. The van der Waals surface area contributed by atoms with E-state index in [0.717, 1.165) is 34.5 Å². The smallest absolute Gasteiger partial charge is 0.159 e. The summed E-state index contributed by atoms with van der Waals surface area (Å²) >= 11 is 0. The van der Waals surface area contributed by atoms with E-state index in [1.807, 2.05) is 59.4 Å². The van der Waals surface area contributed by atoms with Crippen molar-refractivity contribution in [1.82, 2.24) is 9.78 Å². The van der Waals surface area contributed by atoms with Crippen molar-refractivity contribution in [2.75, 3.05) is 13.7 Å². The Hall–Kier alpha value is -2.72. The Balaban J connectivity index is 1.90. The van der Waals surface area contributed by atoms with E-state index in [1.165, 1.54) is 0 Å². The number of ether oxygens (including phenoxy) is 1. The summed E-state index contributed by atoms with van der Waals surface area (Å²) in [5, 5.41) is 4.58. The van der Waals surface area contributed by atoms with Gasteiger partial charge in [-0.05, 0) is 36.2 Å². The predicted molar refractivity (Wildman–Crippen MR) is 95.0 cm³/mol. The Morgan fingerprint density at radius 3 is 2.50 bits per heavy atom. The number of benzene rings is 2. The van der Waals surface area contributed by atoms with Gasteiger partial charge in [0.15, 0.2) is 5.78 Å². The van der Waals surface area contributed by atoms with Crippen LogP contribution in [0.15, 0.2) is 60.8 Å². The molecule has 0 amide bonds. The highest BCUT2D eigenvalue weighted by Crippen LogP contribution is 2.26. The molecule has 0 aliphatic rings. The van der Waals surface area contributed by atoms with Crippen LogP contribution in [0.3, 0.4) is 0 Å². The van der Waals surface area contributed by atoms with Crippen molar-refractivity contribution in [3.63, 3.8) is 0 Å². The van der Waals surface area contributed by atoms with Crippen LogP contribution < -0.4 is 0 Å². The van der Waals surface area contributed by atoms with E-state index in [-0.39, 0.29) is 5.78 Å². The van der Waals surface area contributed by atoms with Gasteiger partial charge in [-0.3, -0.25) is 9.48 Å². The van der Waals surface area contributed by atoms with Gasteiger partial charge in [-0.2, -0.15) is 5.10 Å². The van der Waals surface area contributed by atoms with Gasteiger partial charge in [0.25, 0.3) is 0 Å². The summed E-state index contributed by atoms with van der Waals surface area (Å²) < 4.78 is 6.96. The fourth-order valence-electron chi connectivity index (χ4n) is 2.60. The van der Waals surface area contributed by atoms with Crippen molar-refractivity contribution in [3.8, 4) is 22.4 Å². The van der Waals surface area contributed by atoms with Crippen LogP contribution in [0, 0.1) is 0 Å². The zero-order valence-electron chi connectivity index (χ0n) is 13.9. The number of hydrogen-bond acceptors (Lipinski definition) is 3. The molecule has 0 unspecified atom stereocenters. The first-order valence-corrected chi connectivity index (χ1v) is 7.91. The van der Waals surface area contributed by atoms with Gasteiger partial charge >= 0.3 is 0 Å². The topological polar surface area (TPSA) is 44.1 Å². The molecule has 122 valence electrons. The number of aromatic nitrogens is 2. The monoisotopic (exact) mass is 320 g/mol. The first kappa shape index (κ1) is 16.1. The Morgan fingerprint density at radius 2 is 1.75 bits per heavy atom. The maximum atomic E-state index is 11.6. The lowest BCUT2D eigenvalue weighted by Gasteiger charge is -2.06. The lowest BCUT2D eigenvalue weighted by molar-refractivity contribution is 0.101. The SMILES string of the molecule is COCCn1ccc(-c2cccc(-c3cccc(C(C)=O)c3)c2)n1. The lowest BCUT2D eigenvalue weighted by atomic mass is 9.99. The van der Waals surface area contributed by atoms with Gasteiger partial charge in [-0.1, -0.05) is 36.4 Å². The fraction of sp³-hybridized carbons (Fsp3) is 0.200. The van der Waals surface area contributed by atoms with Crippen LogP contribution in [0.1, 0.15) is 17.3 Å². The minimum Gasteiger partial charge on any atom is -0.383 e. The van der Waals surface area contributed by atoms with Gasteiger partial charge in [0, 0.05) is 24.4 Å². The zero-order chi connectivity index (χ0) is 16.9. The number of hydrogen-bond donors (Lipinski definition) is 0. The minimum atomic E-state index is 0.0740. The zero-order valence-corrected chi connectivity index (χ0v) is 13.9. The maximum absolute atomic E-state index is 11.6. The normalized spacial score (nSPS) is 10.8. The summed E-state index contributed by atoms with van der Waals surface area (Å²) in [6.45, 7) is 2.96. The third-order valence-electron chi connectivity index (χ3n) is 3.93. The summed E-state index contributed by atoms with van der Waals surface area (Å²) in [6, 6.07) is 17.9. The molecule has 4 nitrogen and oxygen atoms in total. The Labute approximate surface area is 141 Å². The van der Waals surface area contributed by atoms with Crippen LogP contribution in [0.4, 0.5) is 0 Å². The Bertz CT molecular complexity index is 852. The molecule has 0 bridgehead atoms. The summed E-state index contributed by atoms with van der Waals surface area (Å²) in [5.41, 5.74) is 4.81. The van der Waals surface area contributed by atoms with Crippen molar-refractivity contribution in [1.29, 1.82) is 0 Å². The molecule has 4 heteroatoms. The maximum Gasteiger partial charge on any atom is 0.159 e. The fourth-order valence-corrected chi connectivity index (χ4v) is 2.60. The third kappa shape index (κ3) is 3.60. The van der Waals surface area contributed by atoms with E-state index in [2.05, 4.69) is 11.2 Å². The average molecular weight is 320 g/mol. The number of carbonyl (C=O) groups excluding carboxylic acids is 1. The predicted octanol–water partition coefficient (Wildman–Crippen LogP) is 4.07. The van der Waals surface area contributed by atoms with Crippen LogP contribution in [-0.4, -0.2) is 29.3 Å². The highest BCUT2D eigenvalue weighted by atomic mass is 16.5. The van der Waals surface area contributed by atoms with Gasteiger partial charge < -0.3 is 4.74 Å². The highest BCUT2D eigenvalue weighted by molar-refractivity contribution is 5.95. The number of methoxy groups -OCH3 is 1. The van der Waals surface area contributed by atoms with E-state index in [9.17, 15) is 4.79 Å². The molecular weight excluding hydrogens is 300 g/mol. The Morgan fingerprint density at radius 1 is 1.04 bits per heavy atom. The third-order valence-corrected chi connectivity index (χ3v) is 3.93. The lowest BCUT2D eigenvalue weighted by Crippen LogP contribution is -2.04. The van der Waals surface area contributed by atoms with E-state index in [0.29, 0.717) is 6.61 Å². The standard InChI is InChI=1S/C20H20N2O2/c1-15(23)16-5-3-6-17(13-16)18-7-4-8-19(14-18)20-9-10-22(21-20)11-12-24-2/h3-10,13-14H,11-12H2,1-2H3. The van der Waals surface area contributed by atoms with Crippen molar-refractivity contribution >= 4 is 5.78 Å². The summed E-state index contributed by atoms with van der Waals surface area (Å²) in [7, 11) is 1.68. The van der Waals surface area contributed by atoms with Gasteiger partial charge in [0.1, 0.15) is 0 Å². The molecule has 0 aliphatic carbocycles. The van der Waals surface area contributed by atoms with Crippen LogP contribution in [0.5, 0.6) is 0 Å². The number of Topliss-reactive ketones (excluding diaryl/α,β-unsaturated/α-hetero) is 1. The van der Waals surface area contributed by atoms with Gasteiger partial charge in [-0.25, -0.2) is 0 Å². The molecule has 3 aromatic rings. The minimum absolute atomic E-state index is 0.0740. The number of rotatable bonds is 6. The van der Waals surface area contributed by atoms with Gasteiger partial charge in [0.05, 0.1) is 18.8 Å². The number of carbonyl (C=O) groups is 1. The second-order valence-electron chi connectivity index (χ2n) is 5.67. The molecule has 0 saturated carbocycles. The van der Waals surface area contributed by atoms with Crippen molar-refractivity contribution < 1.29 is 9.53 Å². The van der Waals surface area contributed by atoms with Crippen molar-refractivity contribution in [2.24, 2.45) is 0 Å². The molecule has 2 aromatic carbocycles. The molecule has 0 spiro atoms. The summed E-state index contributed by atoms with van der Waals surface area (Å²) in [4.78, 5) is 11.6. The van der Waals surface area contributed by atoms with Crippen LogP contribution in [0.2, 0.25) is 0 Å². The summed E-state index contributed by atoms with van der Waals surface area (Å²) in [6.07, 6.45) is 1.96. The van der Waals surface area contributed by atoms with E-state index in [1.54, 1.807) is 14.0 Å². The Kier molecular flexibility index (Phi) is 4.87. The molecule has 1 heterocycles. The van der Waals surface area contributed by atoms with Gasteiger partial charge in [0.2, 0.25) is 0 Å². The molecule has 0 N–H and O–H groups in total. The van der Waals surface area contributed by atoms with Gasteiger partial charge in [-0.15, -0.1) is 0 Å². The largest absolute Gasteiger partial charge is 0.383 e. The molecular formula is C20H20N2O2. The van der Waals surface area contributed by atoms with E-state index in [4.69, 9.17) is 4.74 Å². The molecule has 3 rings (SSSR count). The number of ketones is 1. The van der Waals surface area contributed by atoms with Crippen LogP contribution in [0.25, 0.3) is 22.4 Å². The first-order valence-electron chi connectivity index (χ1n) is 7.91. The van der Waals surface area contributed by atoms with Crippen LogP contribution >= 0.6 is 0 Å². The second-order valence-corrected chi connectivity index (χ2v) is 5.67. The molecule has 1 aromatic heterocycles. The quantitative estimate of drug-likeness (QED) is 0.643. The second kappa shape index (κ2) is 7.23.